The third kappa shape index (κ3) is 2.53. The molecule has 0 saturated carbocycles. The molecule has 0 atom stereocenters. The lowest BCUT2D eigenvalue weighted by atomic mass is 9.92. The van der Waals surface area contributed by atoms with Gasteiger partial charge in [-0.3, -0.25) is 0 Å². The van der Waals surface area contributed by atoms with Crippen molar-refractivity contribution in [3.8, 4) is 17.2 Å². The van der Waals surface area contributed by atoms with E-state index in [1.807, 2.05) is 20.8 Å². The van der Waals surface area contributed by atoms with Crippen molar-refractivity contribution in [2.75, 3.05) is 5.73 Å². The minimum atomic E-state index is -4.77. The quantitative estimate of drug-likeness (QED) is 0.801. The molecule has 2 N–H and O–H groups in total. The van der Waals surface area contributed by atoms with Crippen molar-refractivity contribution in [1.29, 1.82) is 0 Å². The van der Waals surface area contributed by atoms with E-state index < -0.39 is 23.7 Å². The second-order valence-corrected chi connectivity index (χ2v) is 6.48. The van der Waals surface area contributed by atoms with Gasteiger partial charge in [0.15, 0.2) is 11.5 Å². The maximum absolute atomic E-state index is 13.3. The number of hydrogen-bond donors (Lipinski definition) is 1. The predicted octanol–water partition coefficient (Wildman–Crippen LogP) is 3.71. The van der Waals surface area contributed by atoms with Crippen LogP contribution in [0.1, 0.15) is 26.5 Å². The van der Waals surface area contributed by atoms with Crippen molar-refractivity contribution in [1.82, 2.24) is 9.78 Å². The van der Waals surface area contributed by atoms with Crippen LogP contribution >= 0.6 is 0 Å². The first-order valence-electron chi connectivity index (χ1n) is 7.05. The molecule has 9 heteroatoms. The van der Waals surface area contributed by atoms with E-state index >= 15 is 0 Å². The summed E-state index contributed by atoms with van der Waals surface area (Å²) < 4.78 is 62.4. The number of benzene rings is 1. The van der Waals surface area contributed by atoms with Gasteiger partial charge in [0.1, 0.15) is 5.82 Å². The topological polar surface area (TPSA) is 62.3 Å². The number of anilines is 1. The molecule has 0 unspecified atom stereocenters. The van der Waals surface area contributed by atoms with Gasteiger partial charge in [0.2, 0.25) is 0 Å². The maximum atomic E-state index is 13.3. The molecule has 1 aliphatic rings. The number of nitrogens with zero attached hydrogens (tertiary/aromatic N) is 2. The van der Waals surface area contributed by atoms with Crippen molar-refractivity contribution >= 4 is 5.82 Å². The summed E-state index contributed by atoms with van der Waals surface area (Å²) in [6, 6.07) is 5.25. The molecule has 1 aromatic heterocycles. The smallest absolute Gasteiger partial charge is 0.421 e. The minimum Gasteiger partial charge on any atom is -0.421 e. The van der Waals surface area contributed by atoms with Gasteiger partial charge in [-0.15, -0.1) is 0 Å². The van der Waals surface area contributed by atoms with E-state index in [0.717, 1.165) is 12.1 Å². The number of aromatic nitrogens is 2. The van der Waals surface area contributed by atoms with Gasteiger partial charge < -0.3 is 15.2 Å². The largest absolute Gasteiger partial charge is 0.507 e. The predicted molar refractivity (Wildman–Crippen MR) is 77.8 cm³/mol. The molecule has 2 heterocycles. The van der Waals surface area contributed by atoms with Gasteiger partial charge in [0, 0.05) is 17.5 Å². The average molecular weight is 345 g/mol. The molecule has 5 nitrogen and oxygen atoms in total. The van der Waals surface area contributed by atoms with Crippen LogP contribution in [-0.2, 0) is 5.41 Å². The number of ether oxygens (including phenoxy) is 2. The summed E-state index contributed by atoms with van der Waals surface area (Å²) in [6.45, 7) is 5.81. The van der Waals surface area contributed by atoms with Crippen molar-refractivity contribution in [3.63, 3.8) is 0 Å². The Morgan fingerprint density at radius 3 is 2.12 bits per heavy atom. The Kier molecular flexibility index (Phi) is 3.27. The molecule has 24 heavy (non-hydrogen) atoms. The fraction of sp³-hybridized carbons (Fsp3) is 0.400. The third-order valence-corrected chi connectivity index (χ3v) is 3.49. The van der Waals surface area contributed by atoms with E-state index in [4.69, 9.17) is 5.73 Å². The van der Waals surface area contributed by atoms with Gasteiger partial charge in [-0.1, -0.05) is 20.8 Å². The molecule has 0 radical (unpaired) electrons. The van der Waals surface area contributed by atoms with E-state index in [9.17, 15) is 17.6 Å². The lowest BCUT2D eigenvalue weighted by Crippen LogP contribution is -2.52. The zero-order chi connectivity index (χ0) is 17.9. The summed E-state index contributed by atoms with van der Waals surface area (Å²) in [6.07, 6.45) is -9.52. The normalized spacial score (nSPS) is 18.5. The second-order valence-electron chi connectivity index (χ2n) is 6.48. The van der Waals surface area contributed by atoms with Crippen LogP contribution in [0.15, 0.2) is 24.3 Å². The number of fused-ring (bicyclic) bond motifs is 1. The van der Waals surface area contributed by atoms with Crippen LogP contribution in [-0.4, -0.2) is 22.0 Å². The number of alkyl halides is 4. The summed E-state index contributed by atoms with van der Waals surface area (Å²) >= 11 is 0. The molecule has 0 spiro atoms. The van der Waals surface area contributed by atoms with Crippen LogP contribution in [0.5, 0.6) is 11.5 Å². The highest BCUT2D eigenvalue weighted by Crippen LogP contribution is 2.47. The molecule has 1 aliphatic heterocycles. The monoisotopic (exact) mass is 345 g/mol. The molecule has 0 aliphatic carbocycles. The van der Waals surface area contributed by atoms with Gasteiger partial charge in [-0.2, -0.15) is 22.7 Å². The summed E-state index contributed by atoms with van der Waals surface area (Å²) in [7, 11) is 0. The first kappa shape index (κ1) is 16.4. The van der Waals surface area contributed by atoms with Gasteiger partial charge >= 0.3 is 12.2 Å². The number of nitrogens with two attached hydrogens (primary N) is 1. The van der Waals surface area contributed by atoms with E-state index in [1.54, 1.807) is 6.07 Å². The molecule has 2 aromatic rings. The maximum Gasteiger partial charge on any atom is 0.507 e. The molecule has 0 bridgehead atoms. The Balaban J connectivity index is 2.03. The zero-order valence-electron chi connectivity index (χ0n) is 13.1. The summed E-state index contributed by atoms with van der Waals surface area (Å²) in [5.41, 5.74) is 6.60. The van der Waals surface area contributed by atoms with Crippen LogP contribution in [0, 0.1) is 0 Å². The SMILES string of the molecule is CC(C)(C)c1cc(N)n(-c2ccc3c(c2)OC(F)(F)C(F)(F)O3)n1. The lowest BCUT2D eigenvalue weighted by molar-refractivity contribution is -0.391. The molecule has 0 saturated heterocycles. The van der Waals surface area contributed by atoms with Gasteiger partial charge in [-0.25, -0.2) is 4.68 Å². The fourth-order valence-corrected chi connectivity index (χ4v) is 2.16. The Bertz CT molecular complexity index is 797. The first-order chi connectivity index (χ1) is 10.9. The highest BCUT2D eigenvalue weighted by Gasteiger charge is 2.65. The van der Waals surface area contributed by atoms with E-state index in [2.05, 4.69) is 14.6 Å². The van der Waals surface area contributed by atoms with Crippen molar-refractivity contribution in [2.45, 2.75) is 38.4 Å². The van der Waals surface area contributed by atoms with Gasteiger partial charge in [0.25, 0.3) is 0 Å². The van der Waals surface area contributed by atoms with Crippen LogP contribution in [0.3, 0.4) is 0 Å². The molecule has 3 rings (SSSR count). The number of hydrogen-bond acceptors (Lipinski definition) is 4. The van der Waals surface area contributed by atoms with Gasteiger partial charge in [0.05, 0.1) is 11.4 Å². The Hall–Kier alpha value is -2.45. The second kappa shape index (κ2) is 4.78. The Morgan fingerprint density at radius 2 is 1.58 bits per heavy atom. The minimum absolute atomic E-state index is 0.272. The Morgan fingerprint density at radius 1 is 1.00 bits per heavy atom. The fourth-order valence-electron chi connectivity index (χ4n) is 2.16. The number of nitrogen functional groups attached to an aromatic ring is 1. The number of rotatable bonds is 1. The molecular formula is C15H15F4N3O2. The highest BCUT2D eigenvalue weighted by atomic mass is 19.3. The number of halogens is 4. The molecule has 130 valence electrons. The van der Waals surface area contributed by atoms with Crippen LogP contribution in [0.2, 0.25) is 0 Å². The summed E-state index contributed by atoms with van der Waals surface area (Å²) in [4.78, 5) is 0. The molecular weight excluding hydrogens is 330 g/mol. The zero-order valence-corrected chi connectivity index (χ0v) is 13.1. The molecule has 0 fully saturated rings. The summed E-state index contributed by atoms with van der Waals surface area (Å²) in [5.74, 6) is -0.735. The van der Waals surface area contributed by atoms with Crippen molar-refractivity contribution in [2.24, 2.45) is 0 Å². The first-order valence-corrected chi connectivity index (χ1v) is 7.05. The average Bonchev–Trinajstić information content (AvgIpc) is 2.81. The molecule has 1 aromatic carbocycles. The standard InChI is InChI=1S/C15H15F4N3O2/c1-13(2,3)11-7-12(20)22(21-11)8-4-5-9-10(6-8)24-15(18,19)14(16,17)23-9/h4-7H,20H2,1-3H3. The molecule has 0 amide bonds. The van der Waals surface area contributed by atoms with E-state index in [-0.39, 0.29) is 16.9 Å². The lowest BCUT2D eigenvalue weighted by Gasteiger charge is -2.31. The van der Waals surface area contributed by atoms with Crippen LogP contribution < -0.4 is 15.2 Å². The van der Waals surface area contributed by atoms with Crippen LogP contribution in [0.4, 0.5) is 23.4 Å². The van der Waals surface area contributed by atoms with E-state index in [1.165, 1.54) is 10.7 Å². The van der Waals surface area contributed by atoms with Crippen molar-refractivity contribution < 1.29 is 27.0 Å². The van der Waals surface area contributed by atoms with Gasteiger partial charge in [-0.05, 0) is 12.1 Å². The summed E-state index contributed by atoms with van der Waals surface area (Å²) in [5, 5.41) is 4.32. The highest BCUT2D eigenvalue weighted by molar-refractivity contribution is 5.53. The Labute approximate surface area is 135 Å². The third-order valence-electron chi connectivity index (χ3n) is 3.49. The van der Waals surface area contributed by atoms with Crippen LogP contribution in [0.25, 0.3) is 5.69 Å². The van der Waals surface area contributed by atoms with E-state index in [0.29, 0.717) is 5.69 Å². The van der Waals surface area contributed by atoms with Crippen molar-refractivity contribution in [3.05, 3.63) is 30.0 Å².